The van der Waals surface area contributed by atoms with Crippen molar-refractivity contribution in [2.75, 3.05) is 4.72 Å². The summed E-state index contributed by atoms with van der Waals surface area (Å²) in [5.74, 6) is 0. The number of anilines is 1. The van der Waals surface area contributed by atoms with Gasteiger partial charge in [0, 0.05) is 18.5 Å². The van der Waals surface area contributed by atoms with Crippen LogP contribution in [0.4, 0.5) is 5.69 Å². The number of rotatable bonds is 3. The van der Waals surface area contributed by atoms with E-state index in [9.17, 15) is 13.2 Å². The Morgan fingerprint density at radius 3 is 2.71 bits per heavy atom. The molecule has 1 aromatic carbocycles. The van der Waals surface area contributed by atoms with Gasteiger partial charge in [0.05, 0.1) is 5.69 Å². The Morgan fingerprint density at radius 1 is 1.10 bits per heavy atom. The Morgan fingerprint density at radius 2 is 1.90 bits per heavy atom. The van der Waals surface area contributed by atoms with E-state index in [4.69, 9.17) is 0 Å². The third-order valence-electron chi connectivity index (χ3n) is 3.72. The summed E-state index contributed by atoms with van der Waals surface area (Å²) in [6, 6.07) is 6.83. The maximum atomic E-state index is 12.4. The fourth-order valence-electron chi connectivity index (χ4n) is 2.69. The van der Waals surface area contributed by atoms with Gasteiger partial charge in [0.2, 0.25) is 5.43 Å². The SMILES string of the molecule is O=c1cc[nH]cc1S(=O)(=O)Nc1cccc2c1CCCC2. The minimum Gasteiger partial charge on any atom is -0.366 e. The molecule has 0 spiro atoms. The molecule has 0 unspecified atom stereocenters. The van der Waals surface area contributed by atoms with Crippen LogP contribution in [0.15, 0.2) is 46.3 Å². The van der Waals surface area contributed by atoms with Crippen molar-refractivity contribution in [3.8, 4) is 0 Å². The summed E-state index contributed by atoms with van der Waals surface area (Å²) >= 11 is 0. The molecule has 0 radical (unpaired) electrons. The lowest BCUT2D eigenvalue weighted by atomic mass is 9.91. The van der Waals surface area contributed by atoms with Crippen LogP contribution in [0.3, 0.4) is 0 Å². The summed E-state index contributed by atoms with van der Waals surface area (Å²) < 4.78 is 27.3. The van der Waals surface area contributed by atoms with E-state index in [2.05, 4.69) is 9.71 Å². The van der Waals surface area contributed by atoms with Crippen LogP contribution >= 0.6 is 0 Å². The number of fused-ring (bicyclic) bond motifs is 1. The van der Waals surface area contributed by atoms with Crippen LogP contribution in [0.1, 0.15) is 24.0 Å². The second-order valence-electron chi connectivity index (χ2n) is 5.13. The summed E-state index contributed by atoms with van der Waals surface area (Å²) in [5, 5.41) is 0. The molecule has 0 atom stereocenters. The number of benzene rings is 1. The quantitative estimate of drug-likeness (QED) is 0.911. The highest BCUT2D eigenvalue weighted by Crippen LogP contribution is 2.29. The minimum atomic E-state index is -3.87. The summed E-state index contributed by atoms with van der Waals surface area (Å²) in [6.45, 7) is 0. The van der Waals surface area contributed by atoms with E-state index in [-0.39, 0.29) is 4.90 Å². The zero-order chi connectivity index (χ0) is 14.9. The van der Waals surface area contributed by atoms with E-state index in [0.717, 1.165) is 31.2 Å². The molecule has 1 aliphatic carbocycles. The van der Waals surface area contributed by atoms with Gasteiger partial charge in [-0.1, -0.05) is 12.1 Å². The number of H-pyrrole nitrogens is 1. The van der Waals surface area contributed by atoms with E-state index in [0.29, 0.717) is 5.69 Å². The highest BCUT2D eigenvalue weighted by Gasteiger charge is 2.21. The Bertz CT molecular complexity index is 825. The van der Waals surface area contributed by atoms with Crippen LogP contribution in [-0.4, -0.2) is 13.4 Å². The van der Waals surface area contributed by atoms with Crippen molar-refractivity contribution in [2.24, 2.45) is 0 Å². The molecule has 5 nitrogen and oxygen atoms in total. The van der Waals surface area contributed by atoms with E-state index in [1.807, 2.05) is 12.1 Å². The fraction of sp³-hybridized carbons (Fsp3) is 0.267. The first kappa shape index (κ1) is 13.9. The predicted octanol–water partition coefficient (Wildman–Crippen LogP) is 2.05. The number of aromatic nitrogens is 1. The molecule has 1 aliphatic rings. The zero-order valence-corrected chi connectivity index (χ0v) is 12.2. The van der Waals surface area contributed by atoms with Gasteiger partial charge in [-0.3, -0.25) is 9.52 Å². The Labute approximate surface area is 123 Å². The molecule has 110 valence electrons. The van der Waals surface area contributed by atoms with E-state index < -0.39 is 15.5 Å². The Hall–Kier alpha value is -2.08. The monoisotopic (exact) mass is 304 g/mol. The largest absolute Gasteiger partial charge is 0.366 e. The molecule has 0 bridgehead atoms. The number of hydrogen-bond acceptors (Lipinski definition) is 3. The fourth-order valence-corrected chi connectivity index (χ4v) is 3.83. The van der Waals surface area contributed by atoms with Crippen LogP contribution in [0.25, 0.3) is 0 Å². The molecule has 0 saturated carbocycles. The molecule has 2 N–H and O–H groups in total. The molecule has 21 heavy (non-hydrogen) atoms. The van der Waals surface area contributed by atoms with Gasteiger partial charge >= 0.3 is 0 Å². The Kier molecular flexibility index (Phi) is 3.55. The number of pyridine rings is 1. The van der Waals surface area contributed by atoms with Gasteiger partial charge in [0.15, 0.2) is 4.90 Å². The zero-order valence-electron chi connectivity index (χ0n) is 11.4. The standard InChI is InChI=1S/C15H16N2O3S/c18-14-8-9-16-10-15(14)21(19,20)17-13-7-3-5-11-4-1-2-6-12(11)13/h3,5,7-10,17H,1-2,4,6H2,(H,16,18). The third-order valence-corrected chi connectivity index (χ3v) is 5.10. The van der Waals surface area contributed by atoms with Crippen molar-refractivity contribution in [1.82, 2.24) is 4.98 Å². The summed E-state index contributed by atoms with van der Waals surface area (Å²) in [5.41, 5.74) is 2.28. The molecule has 1 aromatic heterocycles. The lowest BCUT2D eigenvalue weighted by Crippen LogP contribution is -2.22. The van der Waals surface area contributed by atoms with E-state index >= 15 is 0 Å². The molecule has 1 heterocycles. The summed E-state index contributed by atoms with van der Waals surface area (Å²) in [7, 11) is -3.87. The average Bonchev–Trinajstić information content (AvgIpc) is 2.47. The maximum absolute atomic E-state index is 12.4. The first-order valence-corrected chi connectivity index (χ1v) is 8.37. The third kappa shape index (κ3) is 2.71. The van der Waals surface area contributed by atoms with Crippen LogP contribution in [0.2, 0.25) is 0 Å². The van der Waals surface area contributed by atoms with Crippen LogP contribution < -0.4 is 10.2 Å². The maximum Gasteiger partial charge on any atom is 0.267 e. The van der Waals surface area contributed by atoms with Gasteiger partial charge < -0.3 is 4.98 Å². The average molecular weight is 304 g/mol. The van der Waals surface area contributed by atoms with Crippen LogP contribution in [0.5, 0.6) is 0 Å². The second kappa shape index (κ2) is 5.37. The van der Waals surface area contributed by atoms with E-state index in [1.54, 1.807) is 6.07 Å². The molecule has 0 fully saturated rings. The van der Waals surface area contributed by atoms with Gasteiger partial charge in [-0.2, -0.15) is 0 Å². The van der Waals surface area contributed by atoms with Crippen LogP contribution in [0, 0.1) is 0 Å². The molecule has 6 heteroatoms. The van der Waals surface area contributed by atoms with Crippen molar-refractivity contribution < 1.29 is 8.42 Å². The first-order chi connectivity index (χ1) is 10.1. The second-order valence-corrected chi connectivity index (χ2v) is 6.78. The summed E-state index contributed by atoms with van der Waals surface area (Å²) in [6.07, 6.45) is 6.63. The number of hydrogen-bond donors (Lipinski definition) is 2. The van der Waals surface area contributed by atoms with Gasteiger partial charge in [-0.15, -0.1) is 0 Å². The number of sulfonamides is 1. The van der Waals surface area contributed by atoms with Crippen LogP contribution in [-0.2, 0) is 22.9 Å². The van der Waals surface area contributed by atoms with Gasteiger partial charge in [0.1, 0.15) is 0 Å². The molecule has 0 saturated heterocycles. The normalized spacial score (nSPS) is 14.5. The highest BCUT2D eigenvalue weighted by molar-refractivity contribution is 7.92. The van der Waals surface area contributed by atoms with Crippen molar-refractivity contribution in [3.63, 3.8) is 0 Å². The van der Waals surface area contributed by atoms with Crippen molar-refractivity contribution in [2.45, 2.75) is 30.6 Å². The molecule has 3 rings (SSSR count). The lowest BCUT2D eigenvalue weighted by Gasteiger charge is -2.19. The molecule has 0 aliphatic heterocycles. The van der Waals surface area contributed by atoms with Gasteiger partial charge in [-0.05, 0) is 42.9 Å². The first-order valence-electron chi connectivity index (χ1n) is 6.88. The molecular weight excluding hydrogens is 288 g/mol. The van der Waals surface area contributed by atoms with Gasteiger partial charge in [0.25, 0.3) is 10.0 Å². The number of aryl methyl sites for hydroxylation is 1. The Balaban J connectivity index is 2.01. The molecular formula is C15H16N2O3S. The molecule has 0 amide bonds. The van der Waals surface area contributed by atoms with Crippen molar-refractivity contribution in [1.29, 1.82) is 0 Å². The van der Waals surface area contributed by atoms with Crippen molar-refractivity contribution in [3.05, 3.63) is 58.0 Å². The number of nitrogens with one attached hydrogen (secondary N) is 2. The predicted molar refractivity (Wildman–Crippen MR) is 81.0 cm³/mol. The summed E-state index contributed by atoms with van der Waals surface area (Å²) in [4.78, 5) is 14.1. The lowest BCUT2D eigenvalue weighted by molar-refractivity contribution is 0.600. The van der Waals surface area contributed by atoms with E-state index in [1.165, 1.54) is 24.0 Å². The highest BCUT2D eigenvalue weighted by atomic mass is 32.2. The molecule has 2 aromatic rings. The topological polar surface area (TPSA) is 79.0 Å². The minimum absolute atomic E-state index is 0.265. The number of aromatic amines is 1. The smallest absolute Gasteiger partial charge is 0.267 e. The van der Waals surface area contributed by atoms with Gasteiger partial charge in [-0.25, -0.2) is 8.42 Å². The van der Waals surface area contributed by atoms with Crippen molar-refractivity contribution >= 4 is 15.7 Å².